The molecule has 6 aromatic carbocycles. The first kappa shape index (κ1) is 23.8. The van der Waals surface area contributed by atoms with Crippen molar-refractivity contribution in [2.24, 2.45) is 0 Å². The summed E-state index contributed by atoms with van der Waals surface area (Å²) in [6, 6.07) is 27.4. The highest BCUT2D eigenvalue weighted by atomic mass is 16.6. The average Bonchev–Trinajstić information content (AvgIpc) is 3.00. The molecule has 0 N–H and O–H groups in total. The third-order valence-electron chi connectivity index (χ3n) is 8.30. The van der Waals surface area contributed by atoms with Crippen molar-refractivity contribution in [2.75, 3.05) is 0 Å². The number of ketones is 2. The Morgan fingerprint density at radius 2 is 1.10 bits per heavy atom. The second-order valence-electron chi connectivity index (χ2n) is 10.4. The summed E-state index contributed by atoms with van der Waals surface area (Å²) in [5, 5.41) is 27.4. The number of hydrogen-bond donors (Lipinski definition) is 0. The second kappa shape index (κ2) is 8.25. The van der Waals surface area contributed by atoms with Crippen LogP contribution in [0.25, 0.3) is 54.9 Å². The Morgan fingerprint density at radius 3 is 1.81 bits per heavy atom. The van der Waals surface area contributed by atoms with Gasteiger partial charge >= 0.3 is 0 Å². The molecule has 42 heavy (non-hydrogen) atoms. The van der Waals surface area contributed by atoms with Crippen molar-refractivity contribution < 1.29 is 19.4 Å². The highest BCUT2D eigenvalue weighted by molar-refractivity contribution is 6.30. The Kier molecular flexibility index (Phi) is 4.68. The molecule has 0 heterocycles. The maximum Gasteiger partial charge on any atom is 0.285 e. The van der Waals surface area contributed by atoms with E-state index in [2.05, 4.69) is 0 Å². The van der Waals surface area contributed by atoms with E-state index in [1.54, 1.807) is 48.5 Å². The van der Waals surface area contributed by atoms with E-state index in [1.807, 2.05) is 30.3 Å². The second-order valence-corrected chi connectivity index (χ2v) is 10.4. The molecule has 0 aromatic heterocycles. The van der Waals surface area contributed by atoms with E-state index in [0.29, 0.717) is 33.0 Å². The van der Waals surface area contributed by atoms with Crippen molar-refractivity contribution in [3.05, 3.63) is 140 Å². The molecule has 0 atom stereocenters. The SMILES string of the molecule is O=C1c2ccccc2-c2cc(-c3cc4cccc5c4c(c3[N+](=O)[O-])-c3cccc([N+](=O)[O-])c3C5=O)cc3cccc1c23. The normalized spacial score (nSPS) is 12.8. The number of carbonyl (C=O) groups is 2. The fourth-order valence-electron chi connectivity index (χ4n) is 6.63. The summed E-state index contributed by atoms with van der Waals surface area (Å²) < 4.78 is 0. The zero-order valence-electron chi connectivity index (χ0n) is 21.6. The molecule has 0 amide bonds. The lowest BCUT2D eigenvalue weighted by atomic mass is 9.78. The van der Waals surface area contributed by atoms with Crippen molar-refractivity contribution in [1.82, 2.24) is 0 Å². The molecule has 0 unspecified atom stereocenters. The third-order valence-corrected chi connectivity index (χ3v) is 8.30. The largest absolute Gasteiger partial charge is 0.289 e. The quantitative estimate of drug-likeness (QED) is 0.163. The summed E-state index contributed by atoms with van der Waals surface area (Å²) in [5.41, 5.74) is 3.24. The smallest absolute Gasteiger partial charge is 0.285 e. The van der Waals surface area contributed by atoms with Crippen molar-refractivity contribution in [3.63, 3.8) is 0 Å². The van der Waals surface area contributed by atoms with E-state index in [-0.39, 0.29) is 33.7 Å². The van der Waals surface area contributed by atoms with Crippen molar-refractivity contribution in [1.29, 1.82) is 0 Å². The van der Waals surface area contributed by atoms with Crippen LogP contribution in [0, 0.1) is 20.2 Å². The van der Waals surface area contributed by atoms with E-state index < -0.39 is 21.3 Å². The molecule has 8 rings (SSSR count). The van der Waals surface area contributed by atoms with Crippen LogP contribution in [0.2, 0.25) is 0 Å². The highest BCUT2D eigenvalue weighted by Gasteiger charge is 2.38. The van der Waals surface area contributed by atoms with Gasteiger partial charge in [0.15, 0.2) is 5.78 Å². The van der Waals surface area contributed by atoms with Crippen LogP contribution in [0.1, 0.15) is 31.8 Å². The Hall–Kier alpha value is -6.02. The van der Waals surface area contributed by atoms with Crippen LogP contribution in [0.15, 0.2) is 97.1 Å². The van der Waals surface area contributed by atoms with Crippen LogP contribution in [-0.2, 0) is 0 Å². The van der Waals surface area contributed by atoms with E-state index in [0.717, 1.165) is 21.9 Å². The number of rotatable bonds is 3. The van der Waals surface area contributed by atoms with Gasteiger partial charge in [0.05, 0.1) is 21.0 Å². The Morgan fingerprint density at radius 1 is 0.476 bits per heavy atom. The topological polar surface area (TPSA) is 120 Å². The molecule has 198 valence electrons. The minimum absolute atomic E-state index is 0.0760. The van der Waals surface area contributed by atoms with Crippen molar-refractivity contribution in [3.8, 4) is 33.4 Å². The summed E-state index contributed by atoms with van der Waals surface area (Å²) >= 11 is 0. The fraction of sp³-hybridized carbons (Fsp3) is 0. The van der Waals surface area contributed by atoms with Crippen LogP contribution >= 0.6 is 0 Å². The molecule has 0 spiro atoms. The number of fused-ring (bicyclic) bond motifs is 4. The minimum atomic E-state index is -0.637. The zero-order valence-corrected chi connectivity index (χ0v) is 21.6. The van der Waals surface area contributed by atoms with Gasteiger partial charge < -0.3 is 0 Å². The predicted octanol–water partition coefficient (Wildman–Crippen LogP) is 7.90. The molecule has 0 bridgehead atoms. The maximum absolute atomic E-state index is 13.6. The third kappa shape index (κ3) is 3.00. The van der Waals surface area contributed by atoms with Crippen LogP contribution in [0.5, 0.6) is 0 Å². The number of carbonyl (C=O) groups excluding carboxylic acids is 2. The fourth-order valence-corrected chi connectivity index (χ4v) is 6.63. The van der Waals surface area contributed by atoms with Gasteiger partial charge in [0.25, 0.3) is 11.4 Å². The summed E-state index contributed by atoms with van der Waals surface area (Å²) in [6.07, 6.45) is 0. The molecule has 0 saturated carbocycles. The minimum Gasteiger partial charge on any atom is -0.289 e. The van der Waals surface area contributed by atoms with Gasteiger partial charge in [0.2, 0.25) is 5.78 Å². The van der Waals surface area contributed by atoms with E-state index in [9.17, 15) is 29.8 Å². The lowest BCUT2D eigenvalue weighted by molar-refractivity contribution is -0.385. The van der Waals surface area contributed by atoms with Crippen LogP contribution in [-0.4, -0.2) is 21.4 Å². The monoisotopic (exact) mass is 548 g/mol. The number of benzene rings is 6. The van der Waals surface area contributed by atoms with Gasteiger partial charge in [-0.3, -0.25) is 29.8 Å². The molecule has 6 aromatic rings. The van der Waals surface area contributed by atoms with Crippen molar-refractivity contribution >= 4 is 44.5 Å². The van der Waals surface area contributed by atoms with Crippen LogP contribution in [0.3, 0.4) is 0 Å². The molecule has 2 aliphatic rings. The maximum atomic E-state index is 13.6. The van der Waals surface area contributed by atoms with Gasteiger partial charge in [-0.1, -0.05) is 72.8 Å². The van der Waals surface area contributed by atoms with Gasteiger partial charge in [-0.2, -0.15) is 0 Å². The van der Waals surface area contributed by atoms with Crippen molar-refractivity contribution in [2.45, 2.75) is 0 Å². The van der Waals surface area contributed by atoms with E-state index >= 15 is 0 Å². The summed E-state index contributed by atoms with van der Waals surface area (Å²) in [4.78, 5) is 50.6. The Bertz CT molecular complexity index is 2300. The molecular weight excluding hydrogens is 532 g/mol. The van der Waals surface area contributed by atoms with Gasteiger partial charge in [-0.15, -0.1) is 0 Å². The summed E-state index contributed by atoms with van der Waals surface area (Å²) in [5.74, 6) is -0.616. The first-order valence-corrected chi connectivity index (χ1v) is 13.1. The molecule has 2 aliphatic carbocycles. The van der Waals surface area contributed by atoms with Crippen LogP contribution in [0.4, 0.5) is 11.4 Å². The van der Waals surface area contributed by atoms with Gasteiger partial charge in [0, 0.05) is 39.1 Å². The van der Waals surface area contributed by atoms with E-state index in [1.165, 1.54) is 18.2 Å². The first-order valence-electron chi connectivity index (χ1n) is 13.1. The summed E-state index contributed by atoms with van der Waals surface area (Å²) in [7, 11) is 0. The van der Waals surface area contributed by atoms with Gasteiger partial charge in [-0.05, 0) is 45.7 Å². The molecular formula is C34H16N2O6. The Balaban J connectivity index is 1.53. The molecule has 0 saturated heterocycles. The number of hydrogen-bond acceptors (Lipinski definition) is 6. The van der Waals surface area contributed by atoms with Crippen LogP contribution < -0.4 is 0 Å². The van der Waals surface area contributed by atoms with Gasteiger partial charge in [-0.25, -0.2) is 0 Å². The highest BCUT2D eigenvalue weighted by Crippen LogP contribution is 2.51. The van der Waals surface area contributed by atoms with E-state index in [4.69, 9.17) is 0 Å². The zero-order chi connectivity index (χ0) is 28.9. The standard InChI is InChI=1S/C34H16N2O6/c37-33-21-9-2-1-8-20(21)26-16-19(14-17-6-3-11-23(33)28(17)26)25-15-18-7-4-12-24-29(18)31(32(25)36(41)42)22-10-5-13-27(35(39)40)30(22)34(24)38/h1-16H. The molecule has 0 aliphatic heterocycles. The Labute approximate surface area is 236 Å². The molecule has 0 fully saturated rings. The first-order chi connectivity index (χ1) is 20.3. The lowest BCUT2D eigenvalue weighted by Gasteiger charge is -2.23. The molecule has 8 nitrogen and oxygen atoms in total. The van der Waals surface area contributed by atoms with Gasteiger partial charge in [0.1, 0.15) is 5.56 Å². The predicted molar refractivity (Wildman–Crippen MR) is 158 cm³/mol. The molecule has 8 heteroatoms. The summed E-state index contributed by atoms with van der Waals surface area (Å²) in [6.45, 7) is 0. The molecule has 0 radical (unpaired) electrons. The lowest BCUT2D eigenvalue weighted by Crippen LogP contribution is -2.14. The number of nitro benzene ring substituents is 2. The number of nitrogens with zero attached hydrogens (tertiary/aromatic N) is 2. The average molecular weight is 549 g/mol. The number of nitro groups is 2.